The third-order valence-electron chi connectivity index (χ3n) is 1.94. The number of benzene rings is 1. The Hall–Kier alpha value is -0.840. The van der Waals surface area contributed by atoms with Crippen molar-refractivity contribution < 1.29 is 0 Å². The van der Waals surface area contributed by atoms with Gasteiger partial charge in [0.15, 0.2) is 0 Å². The van der Waals surface area contributed by atoms with Crippen LogP contribution in [0.4, 0.5) is 0 Å². The number of thioether (sulfide) groups is 1. The molecular formula is C12H14Cl2N2OS. The van der Waals surface area contributed by atoms with Crippen LogP contribution in [0.5, 0.6) is 0 Å². The average molecular weight is 305 g/mol. The summed E-state index contributed by atoms with van der Waals surface area (Å²) in [6.45, 7) is 4.00. The number of halogens is 2. The lowest BCUT2D eigenvalue weighted by atomic mass is 10.4. The van der Waals surface area contributed by atoms with Gasteiger partial charge >= 0.3 is 0 Å². The summed E-state index contributed by atoms with van der Waals surface area (Å²) in [5, 5.41) is 6.35. The van der Waals surface area contributed by atoms with Gasteiger partial charge in [0.05, 0.1) is 10.0 Å². The highest BCUT2D eigenvalue weighted by atomic mass is 35.5. The molecule has 1 aromatic heterocycles. The van der Waals surface area contributed by atoms with Crippen molar-refractivity contribution in [3.05, 3.63) is 50.4 Å². The molecule has 0 radical (unpaired) electrons. The molecular weight excluding hydrogens is 291 g/mol. The first-order valence-corrected chi connectivity index (χ1v) is 7.24. The molecule has 0 aliphatic heterocycles. The van der Waals surface area contributed by atoms with Gasteiger partial charge in [-0.05, 0) is 18.2 Å². The lowest BCUT2D eigenvalue weighted by Crippen LogP contribution is -1.93. The van der Waals surface area contributed by atoms with Gasteiger partial charge in [-0.2, -0.15) is 0 Å². The molecule has 0 atom stereocenters. The largest absolute Gasteiger partial charge is 0.301 e. The van der Waals surface area contributed by atoms with Crippen LogP contribution in [0.25, 0.3) is 0 Å². The zero-order valence-electron chi connectivity index (χ0n) is 10.1. The summed E-state index contributed by atoms with van der Waals surface area (Å²) in [5.74, 6) is 0.677. The Morgan fingerprint density at radius 3 is 2.39 bits per heavy atom. The summed E-state index contributed by atoms with van der Waals surface area (Å²) in [7, 11) is 0. The van der Waals surface area contributed by atoms with Crippen LogP contribution in [-0.2, 0) is 5.75 Å². The summed E-state index contributed by atoms with van der Waals surface area (Å²) in [6, 6.07) is 6.99. The lowest BCUT2D eigenvalue weighted by Gasteiger charge is -2.01. The van der Waals surface area contributed by atoms with E-state index < -0.39 is 0 Å². The maximum atomic E-state index is 10.9. The summed E-state index contributed by atoms with van der Waals surface area (Å²) < 4.78 is 0. The SMILES string of the molecule is CC.O=c1cc(CSc2ccc(Cl)c(Cl)c2)[nH][nH]1. The molecule has 2 N–H and O–H groups in total. The van der Waals surface area contributed by atoms with E-state index in [2.05, 4.69) is 10.2 Å². The van der Waals surface area contributed by atoms with Crippen LogP contribution in [0.1, 0.15) is 19.5 Å². The molecule has 0 bridgehead atoms. The predicted octanol–water partition coefficient (Wildman–Crippen LogP) is 4.33. The van der Waals surface area contributed by atoms with E-state index in [0.29, 0.717) is 15.8 Å². The third-order valence-corrected chi connectivity index (χ3v) is 3.72. The lowest BCUT2D eigenvalue weighted by molar-refractivity contribution is 1.01. The average Bonchev–Trinajstić information content (AvgIpc) is 2.79. The van der Waals surface area contributed by atoms with Crippen LogP contribution in [0, 0.1) is 0 Å². The number of H-pyrrole nitrogens is 2. The monoisotopic (exact) mass is 304 g/mol. The van der Waals surface area contributed by atoms with Crippen LogP contribution in [0.15, 0.2) is 34.0 Å². The second-order valence-electron chi connectivity index (χ2n) is 3.15. The maximum Gasteiger partial charge on any atom is 0.264 e. The van der Waals surface area contributed by atoms with E-state index in [1.165, 1.54) is 6.07 Å². The number of nitrogens with one attached hydrogen (secondary N) is 2. The zero-order chi connectivity index (χ0) is 13.5. The molecule has 0 spiro atoms. The number of rotatable bonds is 3. The van der Waals surface area contributed by atoms with Gasteiger partial charge in [-0.3, -0.25) is 9.89 Å². The van der Waals surface area contributed by atoms with E-state index in [9.17, 15) is 4.79 Å². The molecule has 2 aromatic rings. The van der Waals surface area contributed by atoms with Crippen molar-refractivity contribution in [2.24, 2.45) is 0 Å². The number of hydrogen-bond acceptors (Lipinski definition) is 2. The predicted molar refractivity (Wildman–Crippen MR) is 78.8 cm³/mol. The van der Waals surface area contributed by atoms with Crippen molar-refractivity contribution in [1.82, 2.24) is 10.2 Å². The van der Waals surface area contributed by atoms with E-state index in [-0.39, 0.29) is 5.56 Å². The molecule has 0 amide bonds. The van der Waals surface area contributed by atoms with Gasteiger partial charge in [-0.1, -0.05) is 37.0 Å². The van der Waals surface area contributed by atoms with Crippen LogP contribution in [0.3, 0.4) is 0 Å². The molecule has 1 heterocycles. The van der Waals surface area contributed by atoms with Crippen molar-refractivity contribution in [3.63, 3.8) is 0 Å². The van der Waals surface area contributed by atoms with Gasteiger partial charge in [0, 0.05) is 22.4 Å². The maximum absolute atomic E-state index is 10.9. The van der Waals surface area contributed by atoms with Crippen LogP contribution in [-0.4, -0.2) is 10.2 Å². The molecule has 0 aliphatic rings. The standard InChI is InChI=1S/C10H8Cl2N2OS.C2H6/c11-8-2-1-7(4-9(8)12)16-5-6-3-10(15)14-13-6;1-2/h1-4H,5H2,(H2,13,14,15);1-2H3. The van der Waals surface area contributed by atoms with Gasteiger partial charge in [-0.15, -0.1) is 11.8 Å². The fourth-order valence-corrected chi connectivity index (χ4v) is 2.38. The van der Waals surface area contributed by atoms with Gasteiger partial charge in [0.25, 0.3) is 5.56 Å². The molecule has 0 fully saturated rings. The van der Waals surface area contributed by atoms with E-state index in [1.807, 2.05) is 19.9 Å². The molecule has 3 nitrogen and oxygen atoms in total. The van der Waals surface area contributed by atoms with E-state index in [1.54, 1.807) is 23.9 Å². The molecule has 2 rings (SSSR count). The molecule has 0 saturated heterocycles. The summed E-state index contributed by atoms with van der Waals surface area (Å²) in [5.41, 5.74) is 0.728. The highest BCUT2D eigenvalue weighted by Gasteiger charge is 2.02. The van der Waals surface area contributed by atoms with Crippen molar-refractivity contribution in [2.45, 2.75) is 24.5 Å². The first-order valence-electron chi connectivity index (χ1n) is 5.49. The highest BCUT2D eigenvalue weighted by Crippen LogP contribution is 2.29. The van der Waals surface area contributed by atoms with Crippen LogP contribution < -0.4 is 5.56 Å². The number of aromatic nitrogens is 2. The quantitative estimate of drug-likeness (QED) is 0.829. The fourth-order valence-electron chi connectivity index (χ4n) is 1.18. The molecule has 0 aliphatic carbocycles. The molecule has 98 valence electrons. The Labute approximate surface area is 120 Å². The molecule has 18 heavy (non-hydrogen) atoms. The second-order valence-corrected chi connectivity index (χ2v) is 5.01. The summed E-state index contributed by atoms with van der Waals surface area (Å²) in [4.78, 5) is 11.9. The van der Waals surface area contributed by atoms with Crippen LogP contribution >= 0.6 is 35.0 Å². The van der Waals surface area contributed by atoms with Crippen molar-refractivity contribution >= 4 is 35.0 Å². The smallest absolute Gasteiger partial charge is 0.264 e. The Balaban J connectivity index is 0.000000771. The van der Waals surface area contributed by atoms with Crippen molar-refractivity contribution in [3.8, 4) is 0 Å². The molecule has 6 heteroatoms. The summed E-state index contributed by atoms with van der Waals surface area (Å²) in [6.07, 6.45) is 0. The first kappa shape index (κ1) is 15.2. The minimum atomic E-state index is -0.121. The Morgan fingerprint density at radius 1 is 1.11 bits per heavy atom. The molecule has 0 saturated carbocycles. The van der Waals surface area contributed by atoms with Crippen molar-refractivity contribution in [2.75, 3.05) is 0 Å². The number of hydrogen-bond donors (Lipinski definition) is 2. The number of aromatic amines is 2. The summed E-state index contributed by atoms with van der Waals surface area (Å²) >= 11 is 13.3. The minimum Gasteiger partial charge on any atom is -0.301 e. The Kier molecular flexibility index (Phi) is 6.39. The Morgan fingerprint density at radius 2 is 1.83 bits per heavy atom. The third kappa shape index (κ3) is 4.44. The normalized spacial score (nSPS) is 9.78. The second kappa shape index (κ2) is 7.56. The Bertz CT molecular complexity index is 551. The highest BCUT2D eigenvalue weighted by molar-refractivity contribution is 7.98. The van der Waals surface area contributed by atoms with E-state index in [0.717, 1.165) is 10.6 Å². The minimum absolute atomic E-state index is 0.121. The topological polar surface area (TPSA) is 48.6 Å². The van der Waals surface area contributed by atoms with Gasteiger partial charge < -0.3 is 5.10 Å². The zero-order valence-corrected chi connectivity index (χ0v) is 12.4. The van der Waals surface area contributed by atoms with Crippen LogP contribution in [0.2, 0.25) is 10.0 Å². The van der Waals surface area contributed by atoms with Crippen molar-refractivity contribution in [1.29, 1.82) is 0 Å². The first-order chi connectivity index (χ1) is 8.65. The van der Waals surface area contributed by atoms with Gasteiger partial charge in [-0.25, -0.2) is 0 Å². The molecule has 0 unspecified atom stereocenters. The van der Waals surface area contributed by atoms with E-state index in [4.69, 9.17) is 23.2 Å². The van der Waals surface area contributed by atoms with E-state index >= 15 is 0 Å². The molecule has 1 aromatic carbocycles. The van der Waals surface area contributed by atoms with Gasteiger partial charge in [0.2, 0.25) is 0 Å². The fraction of sp³-hybridized carbons (Fsp3) is 0.250. The van der Waals surface area contributed by atoms with Gasteiger partial charge in [0.1, 0.15) is 0 Å².